The maximum atomic E-state index is 13.1. The number of piperazine rings is 1. The molecule has 1 aromatic heterocycles. The van der Waals surface area contributed by atoms with Gasteiger partial charge < -0.3 is 9.80 Å². The van der Waals surface area contributed by atoms with Crippen molar-refractivity contribution in [2.75, 3.05) is 24.2 Å². The second kappa shape index (κ2) is 8.04. The van der Waals surface area contributed by atoms with Crippen LogP contribution in [0.1, 0.15) is 5.69 Å². The molecule has 0 saturated carbocycles. The minimum absolute atomic E-state index is 0.199. The molecule has 0 bridgehead atoms. The number of thioether (sulfide) groups is 1. The summed E-state index contributed by atoms with van der Waals surface area (Å²) in [6, 6.07) is 13.4. The lowest BCUT2D eigenvalue weighted by Crippen LogP contribution is -2.54. The fourth-order valence-electron chi connectivity index (χ4n) is 3.12. The summed E-state index contributed by atoms with van der Waals surface area (Å²) in [6.45, 7) is 0.891. The predicted octanol–water partition coefficient (Wildman–Crippen LogP) is 2.50. The van der Waals surface area contributed by atoms with Crippen LogP contribution < -0.4 is 4.90 Å². The first-order valence-electron chi connectivity index (χ1n) is 8.97. The minimum Gasteiger partial charge on any atom is -0.327 e. The van der Waals surface area contributed by atoms with Gasteiger partial charge in [-0.3, -0.25) is 9.59 Å². The van der Waals surface area contributed by atoms with Crippen LogP contribution >= 0.6 is 11.8 Å². The Labute approximate surface area is 171 Å². The zero-order valence-corrected chi connectivity index (χ0v) is 16.5. The van der Waals surface area contributed by atoms with Crippen molar-refractivity contribution >= 4 is 29.3 Å². The molecule has 2 heterocycles. The van der Waals surface area contributed by atoms with Gasteiger partial charge in [0.25, 0.3) is 0 Å². The Kier molecular flexibility index (Phi) is 5.30. The fraction of sp³-hybridized carbons (Fsp3) is 0.200. The molecule has 0 spiro atoms. The molecule has 1 saturated heterocycles. The molecule has 1 aliphatic heterocycles. The molecule has 0 unspecified atom stereocenters. The van der Waals surface area contributed by atoms with Gasteiger partial charge in [-0.05, 0) is 54.8 Å². The largest absolute Gasteiger partial charge is 0.327 e. The average Bonchev–Trinajstić information content (AvgIpc) is 3.21. The highest BCUT2D eigenvalue weighted by Gasteiger charge is 2.33. The van der Waals surface area contributed by atoms with E-state index in [-0.39, 0.29) is 6.54 Å². The van der Waals surface area contributed by atoms with E-state index in [4.69, 9.17) is 0 Å². The van der Waals surface area contributed by atoms with E-state index in [2.05, 4.69) is 10.3 Å². The molecule has 2 amide bonds. The van der Waals surface area contributed by atoms with Crippen molar-refractivity contribution in [3.8, 4) is 5.69 Å². The maximum Gasteiger partial charge on any atom is 0.316 e. The van der Waals surface area contributed by atoms with E-state index < -0.39 is 17.6 Å². The molecule has 7 nitrogen and oxygen atoms in total. The molecule has 0 radical (unpaired) electrons. The fourth-order valence-corrected chi connectivity index (χ4v) is 3.53. The molecule has 9 heteroatoms. The highest BCUT2D eigenvalue weighted by molar-refractivity contribution is 7.98. The zero-order valence-electron chi connectivity index (χ0n) is 15.7. The van der Waals surface area contributed by atoms with Gasteiger partial charge in [0.05, 0.1) is 18.4 Å². The Morgan fingerprint density at radius 3 is 2.34 bits per heavy atom. The van der Waals surface area contributed by atoms with E-state index in [1.54, 1.807) is 22.6 Å². The Morgan fingerprint density at radius 2 is 1.66 bits per heavy atom. The van der Waals surface area contributed by atoms with Gasteiger partial charge in [-0.15, -0.1) is 16.9 Å². The van der Waals surface area contributed by atoms with Crippen LogP contribution in [-0.4, -0.2) is 51.1 Å². The molecule has 4 rings (SSSR count). The van der Waals surface area contributed by atoms with E-state index in [0.29, 0.717) is 24.5 Å². The van der Waals surface area contributed by atoms with Gasteiger partial charge in [-0.25, -0.2) is 9.07 Å². The third-order valence-electron chi connectivity index (χ3n) is 4.68. The molecule has 0 aliphatic carbocycles. The number of carbonyl (C=O) groups excluding carboxylic acids is 2. The summed E-state index contributed by atoms with van der Waals surface area (Å²) < 4.78 is 14.7. The van der Waals surface area contributed by atoms with Gasteiger partial charge in [0.15, 0.2) is 0 Å². The van der Waals surface area contributed by atoms with E-state index in [1.807, 2.05) is 30.5 Å². The number of halogens is 1. The van der Waals surface area contributed by atoms with E-state index in [0.717, 1.165) is 10.6 Å². The number of aromatic nitrogens is 3. The van der Waals surface area contributed by atoms with Crippen LogP contribution in [0.15, 0.2) is 59.6 Å². The SMILES string of the molecule is CSc1ccc(-n2cc(CN3CCN(c4ccc(F)cc4)C(=O)C3=O)nn2)cc1. The van der Waals surface area contributed by atoms with Crippen LogP contribution in [0.5, 0.6) is 0 Å². The zero-order chi connectivity index (χ0) is 20.4. The van der Waals surface area contributed by atoms with Crippen LogP contribution in [0.2, 0.25) is 0 Å². The standard InChI is InChI=1S/C20H18FN5O2S/c1-29-18-8-6-17(7-9-18)26-13-15(22-23-26)12-24-10-11-25(20(28)19(24)27)16-4-2-14(21)3-5-16/h2-9,13H,10-12H2,1H3. The number of anilines is 1. The molecule has 1 fully saturated rings. The van der Waals surface area contributed by atoms with Gasteiger partial charge in [-0.1, -0.05) is 5.21 Å². The van der Waals surface area contributed by atoms with E-state index >= 15 is 0 Å². The topological polar surface area (TPSA) is 71.3 Å². The predicted molar refractivity (Wildman–Crippen MR) is 107 cm³/mol. The van der Waals surface area contributed by atoms with Crippen molar-refractivity contribution in [3.63, 3.8) is 0 Å². The first-order chi connectivity index (χ1) is 14.0. The number of rotatable bonds is 5. The monoisotopic (exact) mass is 411 g/mol. The number of hydrogen-bond donors (Lipinski definition) is 0. The average molecular weight is 411 g/mol. The van der Waals surface area contributed by atoms with Gasteiger partial charge in [0.2, 0.25) is 0 Å². The smallest absolute Gasteiger partial charge is 0.316 e. The molecular weight excluding hydrogens is 393 g/mol. The summed E-state index contributed by atoms with van der Waals surface area (Å²) in [4.78, 5) is 29.0. The lowest BCUT2D eigenvalue weighted by atomic mass is 10.2. The number of carbonyl (C=O) groups is 2. The first-order valence-corrected chi connectivity index (χ1v) is 10.2. The Hall–Kier alpha value is -3.20. The number of benzene rings is 2. The summed E-state index contributed by atoms with van der Waals surface area (Å²) in [5.74, 6) is -1.64. The van der Waals surface area contributed by atoms with Crippen LogP contribution in [0.4, 0.5) is 10.1 Å². The summed E-state index contributed by atoms with van der Waals surface area (Å²) in [6.07, 6.45) is 3.76. The van der Waals surface area contributed by atoms with Gasteiger partial charge in [-0.2, -0.15) is 0 Å². The second-order valence-corrected chi connectivity index (χ2v) is 7.39. The lowest BCUT2D eigenvalue weighted by molar-refractivity contribution is -0.146. The molecule has 29 heavy (non-hydrogen) atoms. The second-order valence-electron chi connectivity index (χ2n) is 6.51. The summed E-state index contributed by atoms with van der Waals surface area (Å²) in [5.41, 5.74) is 1.96. The number of nitrogens with zero attached hydrogens (tertiary/aromatic N) is 5. The quantitative estimate of drug-likeness (QED) is 0.477. The summed E-state index contributed by atoms with van der Waals surface area (Å²) in [5, 5.41) is 8.24. The molecule has 3 aromatic rings. The molecule has 2 aromatic carbocycles. The van der Waals surface area contributed by atoms with Gasteiger partial charge >= 0.3 is 11.8 Å². The van der Waals surface area contributed by atoms with Crippen LogP contribution in [0, 0.1) is 5.82 Å². The Morgan fingerprint density at radius 1 is 0.966 bits per heavy atom. The highest BCUT2D eigenvalue weighted by Crippen LogP contribution is 2.20. The molecular formula is C20H18FN5O2S. The van der Waals surface area contributed by atoms with E-state index in [9.17, 15) is 14.0 Å². The van der Waals surface area contributed by atoms with Crippen molar-refractivity contribution in [2.24, 2.45) is 0 Å². The maximum absolute atomic E-state index is 13.1. The highest BCUT2D eigenvalue weighted by atomic mass is 32.2. The molecule has 1 aliphatic rings. The summed E-state index contributed by atoms with van der Waals surface area (Å²) >= 11 is 1.66. The van der Waals surface area contributed by atoms with Crippen molar-refractivity contribution < 1.29 is 14.0 Å². The Bertz CT molecular complexity index is 1040. The van der Waals surface area contributed by atoms with Gasteiger partial charge in [0.1, 0.15) is 11.5 Å². The van der Waals surface area contributed by atoms with Crippen LogP contribution in [-0.2, 0) is 16.1 Å². The Balaban J connectivity index is 1.44. The molecule has 148 valence electrons. The van der Waals surface area contributed by atoms with Crippen molar-refractivity contribution in [1.82, 2.24) is 19.9 Å². The van der Waals surface area contributed by atoms with Crippen LogP contribution in [0.25, 0.3) is 5.69 Å². The number of hydrogen-bond acceptors (Lipinski definition) is 5. The minimum atomic E-state index is -0.636. The summed E-state index contributed by atoms with van der Waals surface area (Å²) in [7, 11) is 0. The third-order valence-corrected chi connectivity index (χ3v) is 5.42. The molecule has 0 atom stereocenters. The third kappa shape index (κ3) is 4.00. The number of amides is 2. The van der Waals surface area contributed by atoms with Crippen molar-refractivity contribution in [1.29, 1.82) is 0 Å². The van der Waals surface area contributed by atoms with Crippen LogP contribution in [0.3, 0.4) is 0 Å². The molecule has 0 N–H and O–H groups in total. The van der Waals surface area contributed by atoms with Crippen molar-refractivity contribution in [2.45, 2.75) is 11.4 Å². The van der Waals surface area contributed by atoms with Gasteiger partial charge in [0, 0.05) is 23.7 Å². The first kappa shape index (κ1) is 19.1. The lowest BCUT2D eigenvalue weighted by Gasteiger charge is -2.33. The normalized spacial score (nSPS) is 14.6. The van der Waals surface area contributed by atoms with Crippen molar-refractivity contribution in [3.05, 3.63) is 66.2 Å². The van der Waals surface area contributed by atoms with E-state index in [1.165, 1.54) is 34.1 Å².